The van der Waals surface area contributed by atoms with Crippen LogP contribution in [-0.4, -0.2) is 17.0 Å². The molecule has 0 aliphatic rings. The molecule has 88 valence electrons. The van der Waals surface area contributed by atoms with Crippen molar-refractivity contribution in [2.75, 3.05) is 7.05 Å². The Kier molecular flexibility index (Phi) is 3.62. The lowest BCUT2D eigenvalue weighted by Gasteiger charge is -2.04. The SMILES string of the molecule is CNCc1cnc(Oc2ccc(F)cc2)cn1. The smallest absolute Gasteiger partial charge is 0.237 e. The zero-order valence-corrected chi connectivity index (χ0v) is 9.35. The monoisotopic (exact) mass is 233 g/mol. The van der Waals surface area contributed by atoms with E-state index in [0.717, 1.165) is 5.69 Å². The summed E-state index contributed by atoms with van der Waals surface area (Å²) in [5, 5.41) is 2.97. The third-order valence-corrected chi connectivity index (χ3v) is 2.08. The Balaban J connectivity index is 2.05. The van der Waals surface area contributed by atoms with Crippen molar-refractivity contribution in [2.24, 2.45) is 0 Å². The van der Waals surface area contributed by atoms with E-state index in [1.54, 1.807) is 18.3 Å². The summed E-state index contributed by atoms with van der Waals surface area (Å²) in [6, 6.07) is 5.74. The Morgan fingerprint density at radius 1 is 1.18 bits per heavy atom. The highest BCUT2D eigenvalue weighted by atomic mass is 19.1. The van der Waals surface area contributed by atoms with Crippen molar-refractivity contribution in [2.45, 2.75) is 6.54 Å². The number of nitrogens with zero attached hydrogens (tertiary/aromatic N) is 2. The third kappa shape index (κ3) is 3.22. The second kappa shape index (κ2) is 5.36. The fourth-order valence-electron chi connectivity index (χ4n) is 1.29. The van der Waals surface area contributed by atoms with Gasteiger partial charge in [0, 0.05) is 6.54 Å². The predicted octanol–water partition coefficient (Wildman–Crippen LogP) is 2.13. The Bertz CT molecular complexity index is 470. The molecule has 1 heterocycles. The van der Waals surface area contributed by atoms with E-state index >= 15 is 0 Å². The van der Waals surface area contributed by atoms with Crippen molar-refractivity contribution >= 4 is 0 Å². The molecule has 0 spiro atoms. The number of halogens is 1. The maximum atomic E-state index is 12.7. The van der Waals surface area contributed by atoms with E-state index in [1.807, 2.05) is 7.05 Å². The second-order valence-corrected chi connectivity index (χ2v) is 3.43. The van der Waals surface area contributed by atoms with Crippen molar-refractivity contribution in [3.05, 3.63) is 48.2 Å². The molecule has 0 atom stereocenters. The van der Waals surface area contributed by atoms with Crippen LogP contribution < -0.4 is 10.1 Å². The summed E-state index contributed by atoms with van der Waals surface area (Å²) < 4.78 is 18.1. The number of benzene rings is 1. The lowest BCUT2D eigenvalue weighted by Crippen LogP contribution is -2.07. The summed E-state index contributed by atoms with van der Waals surface area (Å²) in [5.41, 5.74) is 0.832. The largest absolute Gasteiger partial charge is 0.438 e. The van der Waals surface area contributed by atoms with Gasteiger partial charge in [-0.3, -0.25) is 4.98 Å². The van der Waals surface area contributed by atoms with Gasteiger partial charge in [-0.25, -0.2) is 9.37 Å². The number of aromatic nitrogens is 2. The first-order chi connectivity index (χ1) is 8.28. The maximum absolute atomic E-state index is 12.7. The fraction of sp³-hybridized carbons (Fsp3) is 0.167. The Morgan fingerprint density at radius 2 is 1.94 bits per heavy atom. The zero-order valence-electron chi connectivity index (χ0n) is 9.35. The minimum Gasteiger partial charge on any atom is -0.438 e. The predicted molar refractivity (Wildman–Crippen MR) is 61.3 cm³/mol. The molecule has 5 heteroatoms. The van der Waals surface area contributed by atoms with E-state index in [4.69, 9.17) is 4.74 Å². The summed E-state index contributed by atoms with van der Waals surface area (Å²) in [6.45, 7) is 0.657. The molecule has 17 heavy (non-hydrogen) atoms. The lowest BCUT2D eigenvalue weighted by atomic mass is 10.3. The molecule has 2 rings (SSSR count). The van der Waals surface area contributed by atoms with Crippen LogP contribution in [0.4, 0.5) is 4.39 Å². The lowest BCUT2D eigenvalue weighted by molar-refractivity contribution is 0.457. The van der Waals surface area contributed by atoms with Crippen molar-refractivity contribution in [1.29, 1.82) is 0 Å². The molecular formula is C12H12FN3O. The van der Waals surface area contributed by atoms with E-state index in [0.29, 0.717) is 18.2 Å². The molecule has 2 aromatic rings. The first-order valence-corrected chi connectivity index (χ1v) is 5.17. The minimum atomic E-state index is -0.298. The fourth-order valence-corrected chi connectivity index (χ4v) is 1.29. The van der Waals surface area contributed by atoms with E-state index in [1.165, 1.54) is 18.3 Å². The van der Waals surface area contributed by atoms with Gasteiger partial charge in [0.1, 0.15) is 11.6 Å². The Morgan fingerprint density at radius 3 is 2.53 bits per heavy atom. The standard InChI is InChI=1S/C12H12FN3O/c1-14-6-10-7-16-12(8-15-10)17-11-4-2-9(13)3-5-11/h2-5,7-8,14H,6H2,1H3. The van der Waals surface area contributed by atoms with Crippen LogP contribution in [0.1, 0.15) is 5.69 Å². The van der Waals surface area contributed by atoms with E-state index in [-0.39, 0.29) is 5.82 Å². The molecule has 0 bridgehead atoms. The van der Waals surface area contributed by atoms with Crippen LogP contribution in [0.5, 0.6) is 11.6 Å². The second-order valence-electron chi connectivity index (χ2n) is 3.43. The normalized spacial score (nSPS) is 10.2. The molecule has 0 fully saturated rings. The summed E-state index contributed by atoms with van der Waals surface area (Å²) in [6.07, 6.45) is 3.17. The third-order valence-electron chi connectivity index (χ3n) is 2.08. The number of hydrogen-bond donors (Lipinski definition) is 1. The van der Waals surface area contributed by atoms with E-state index < -0.39 is 0 Å². The van der Waals surface area contributed by atoms with Crippen LogP contribution in [0.25, 0.3) is 0 Å². The van der Waals surface area contributed by atoms with Gasteiger partial charge in [0.15, 0.2) is 0 Å². The topological polar surface area (TPSA) is 47.0 Å². The quantitative estimate of drug-likeness (QED) is 0.878. The van der Waals surface area contributed by atoms with Gasteiger partial charge in [-0.15, -0.1) is 0 Å². The van der Waals surface area contributed by atoms with Crippen molar-refractivity contribution in [1.82, 2.24) is 15.3 Å². The average molecular weight is 233 g/mol. The van der Waals surface area contributed by atoms with Crippen LogP contribution in [0, 0.1) is 5.82 Å². The van der Waals surface area contributed by atoms with Crippen molar-refractivity contribution in [3.8, 4) is 11.6 Å². The average Bonchev–Trinajstić information content (AvgIpc) is 2.35. The molecule has 0 saturated carbocycles. The van der Waals surface area contributed by atoms with Gasteiger partial charge < -0.3 is 10.1 Å². The highest BCUT2D eigenvalue weighted by Crippen LogP contribution is 2.18. The number of nitrogens with one attached hydrogen (secondary N) is 1. The highest BCUT2D eigenvalue weighted by molar-refractivity contribution is 5.26. The Labute approximate surface area is 98.5 Å². The first-order valence-electron chi connectivity index (χ1n) is 5.17. The zero-order chi connectivity index (χ0) is 12.1. The van der Waals surface area contributed by atoms with E-state index in [2.05, 4.69) is 15.3 Å². The van der Waals surface area contributed by atoms with Gasteiger partial charge in [-0.1, -0.05) is 0 Å². The van der Waals surface area contributed by atoms with Gasteiger partial charge in [-0.2, -0.15) is 0 Å². The van der Waals surface area contributed by atoms with Gasteiger partial charge in [-0.05, 0) is 31.3 Å². The van der Waals surface area contributed by atoms with Crippen LogP contribution in [0.3, 0.4) is 0 Å². The van der Waals surface area contributed by atoms with Gasteiger partial charge in [0.2, 0.25) is 5.88 Å². The molecule has 1 aromatic carbocycles. The van der Waals surface area contributed by atoms with Crippen molar-refractivity contribution in [3.63, 3.8) is 0 Å². The minimum absolute atomic E-state index is 0.298. The molecule has 1 N–H and O–H groups in total. The number of hydrogen-bond acceptors (Lipinski definition) is 4. The molecular weight excluding hydrogens is 221 g/mol. The summed E-state index contributed by atoms with van der Waals surface area (Å²) in [5.74, 6) is 0.617. The molecule has 0 aliphatic carbocycles. The summed E-state index contributed by atoms with van der Waals surface area (Å²) in [4.78, 5) is 8.25. The molecule has 0 amide bonds. The van der Waals surface area contributed by atoms with Gasteiger partial charge in [0.05, 0.1) is 18.1 Å². The van der Waals surface area contributed by atoms with Crippen LogP contribution in [0.2, 0.25) is 0 Å². The van der Waals surface area contributed by atoms with E-state index in [9.17, 15) is 4.39 Å². The molecule has 4 nitrogen and oxygen atoms in total. The summed E-state index contributed by atoms with van der Waals surface area (Å²) in [7, 11) is 1.84. The van der Waals surface area contributed by atoms with Crippen molar-refractivity contribution < 1.29 is 9.13 Å². The van der Waals surface area contributed by atoms with Gasteiger partial charge >= 0.3 is 0 Å². The molecule has 1 aromatic heterocycles. The summed E-state index contributed by atoms with van der Waals surface area (Å²) >= 11 is 0. The van der Waals surface area contributed by atoms with Crippen LogP contribution >= 0.6 is 0 Å². The number of rotatable bonds is 4. The first kappa shape index (κ1) is 11.5. The van der Waals surface area contributed by atoms with Crippen LogP contribution in [-0.2, 0) is 6.54 Å². The molecule has 0 radical (unpaired) electrons. The van der Waals surface area contributed by atoms with Crippen LogP contribution in [0.15, 0.2) is 36.7 Å². The highest BCUT2D eigenvalue weighted by Gasteiger charge is 2.00. The molecule has 0 aliphatic heterocycles. The Hall–Kier alpha value is -2.01. The van der Waals surface area contributed by atoms with Gasteiger partial charge in [0.25, 0.3) is 0 Å². The number of ether oxygens (including phenoxy) is 1. The maximum Gasteiger partial charge on any atom is 0.237 e. The molecule has 0 unspecified atom stereocenters. The molecule has 0 saturated heterocycles.